The minimum atomic E-state index is -0.969. The van der Waals surface area contributed by atoms with Crippen LogP contribution in [0.5, 0.6) is 0 Å². The van der Waals surface area contributed by atoms with Gasteiger partial charge in [-0.3, -0.25) is 4.79 Å². The summed E-state index contributed by atoms with van der Waals surface area (Å²) in [7, 11) is 0. The van der Waals surface area contributed by atoms with E-state index in [-0.39, 0.29) is 16.9 Å². The summed E-state index contributed by atoms with van der Waals surface area (Å²) in [6.45, 7) is 4.31. The molecule has 1 amide bonds. The Hall–Kier alpha value is -2.14. The number of thiophene rings is 1. The normalized spacial score (nSPS) is 15.7. The van der Waals surface area contributed by atoms with Crippen LogP contribution in [0.1, 0.15) is 51.4 Å². The second-order valence-corrected chi connectivity index (χ2v) is 7.78. The van der Waals surface area contributed by atoms with Gasteiger partial charge < -0.3 is 10.4 Å². The Bertz CT molecular complexity index is 762. The zero-order valence-corrected chi connectivity index (χ0v) is 14.0. The number of rotatable bonds is 3. The molecule has 0 fully saturated rings. The highest BCUT2D eigenvalue weighted by atomic mass is 32.1. The maximum atomic E-state index is 12.3. The summed E-state index contributed by atoms with van der Waals surface area (Å²) >= 11 is 1.40. The number of aromatic carboxylic acids is 1. The van der Waals surface area contributed by atoms with Gasteiger partial charge in [0.05, 0.1) is 5.56 Å². The van der Waals surface area contributed by atoms with Gasteiger partial charge in [0.1, 0.15) is 5.00 Å². The van der Waals surface area contributed by atoms with Crippen LogP contribution in [0, 0.1) is 5.41 Å². The van der Waals surface area contributed by atoms with Crippen LogP contribution in [0.15, 0.2) is 30.3 Å². The zero-order valence-electron chi connectivity index (χ0n) is 13.2. The summed E-state index contributed by atoms with van der Waals surface area (Å²) in [6.07, 6.45) is 2.64. The first-order valence-electron chi connectivity index (χ1n) is 7.62. The molecule has 3 rings (SSSR count). The lowest BCUT2D eigenvalue weighted by Crippen LogP contribution is -2.22. The van der Waals surface area contributed by atoms with E-state index in [1.807, 2.05) is 6.07 Å². The van der Waals surface area contributed by atoms with Crippen molar-refractivity contribution in [3.8, 4) is 0 Å². The van der Waals surface area contributed by atoms with Crippen molar-refractivity contribution in [1.82, 2.24) is 0 Å². The van der Waals surface area contributed by atoms with Crippen molar-refractivity contribution in [2.24, 2.45) is 5.41 Å². The molecule has 1 aliphatic carbocycles. The monoisotopic (exact) mass is 329 g/mol. The third-order valence-corrected chi connectivity index (χ3v) is 5.46. The number of fused-ring (bicyclic) bond motifs is 1. The highest BCUT2D eigenvalue weighted by Gasteiger charge is 2.33. The van der Waals surface area contributed by atoms with Gasteiger partial charge in [-0.05, 0) is 42.4 Å². The average molecular weight is 329 g/mol. The van der Waals surface area contributed by atoms with Crippen molar-refractivity contribution < 1.29 is 14.7 Å². The van der Waals surface area contributed by atoms with E-state index in [1.165, 1.54) is 11.3 Å². The molecule has 0 unspecified atom stereocenters. The van der Waals surface area contributed by atoms with Crippen LogP contribution in [-0.2, 0) is 12.8 Å². The van der Waals surface area contributed by atoms with Gasteiger partial charge in [0, 0.05) is 10.4 Å². The maximum Gasteiger partial charge on any atom is 0.339 e. The van der Waals surface area contributed by atoms with E-state index in [1.54, 1.807) is 24.3 Å². The van der Waals surface area contributed by atoms with Gasteiger partial charge in [0.15, 0.2) is 0 Å². The average Bonchev–Trinajstić information content (AvgIpc) is 2.84. The molecule has 2 N–H and O–H groups in total. The summed E-state index contributed by atoms with van der Waals surface area (Å²) in [6, 6.07) is 8.84. The molecule has 0 spiro atoms. The molecule has 0 saturated heterocycles. The van der Waals surface area contributed by atoms with E-state index in [4.69, 9.17) is 0 Å². The van der Waals surface area contributed by atoms with Crippen LogP contribution < -0.4 is 5.32 Å². The van der Waals surface area contributed by atoms with Crippen molar-refractivity contribution in [2.45, 2.75) is 33.1 Å². The van der Waals surface area contributed by atoms with Crippen LogP contribution in [0.2, 0.25) is 0 Å². The number of carboxylic acids is 1. The van der Waals surface area contributed by atoms with Gasteiger partial charge >= 0.3 is 5.97 Å². The molecule has 1 heterocycles. The van der Waals surface area contributed by atoms with Gasteiger partial charge in [-0.1, -0.05) is 32.0 Å². The molecule has 0 bridgehead atoms. The van der Waals surface area contributed by atoms with Gasteiger partial charge in [0.2, 0.25) is 0 Å². The van der Waals surface area contributed by atoms with Crippen LogP contribution in [0.3, 0.4) is 0 Å². The molecule has 0 saturated carbocycles. The summed E-state index contributed by atoms with van der Waals surface area (Å²) < 4.78 is 0. The molecule has 0 aliphatic heterocycles. The van der Waals surface area contributed by atoms with Gasteiger partial charge in [-0.15, -0.1) is 11.3 Å². The van der Waals surface area contributed by atoms with E-state index in [2.05, 4.69) is 19.2 Å². The summed E-state index contributed by atoms with van der Waals surface area (Å²) in [4.78, 5) is 25.2. The molecule has 0 radical (unpaired) electrons. The first-order valence-corrected chi connectivity index (χ1v) is 8.43. The number of aryl methyl sites for hydroxylation is 1. The zero-order chi connectivity index (χ0) is 16.6. The standard InChI is InChI=1S/C18H19NO3S/c1-18(2)9-8-13-12(10-18)14(17(21)22)16(23-13)19-15(20)11-6-4-3-5-7-11/h3-7H,8-10H2,1-2H3,(H,19,20)(H,21,22). The molecular weight excluding hydrogens is 310 g/mol. The largest absolute Gasteiger partial charge is 0.478 e. The second kappa shape index (κ2) is 5.81. The number of anilines is 1. The molecule has 1 aromatic heterocycles. The lowest BCUT2D eigenvalue weighted by Gasteiger charge is -2.29. The van der Waals surface area contributed by atoms with E-state index >= 15 is 0 Å². The topological polar surface area (TPSA) is 66.4 Å². The Balaban J connectivity index is 1.96. The minimum absolute atomic E-state index is 0.0962. The Morgan fingerprint density at radius 2 is 1.91 bits per heavy atom. The Kier molecular flexibility index (Phi) is 3.98. The SMILES string of the molecule is CC1(C)CCc2sc(NC(=O)c3ccccc3)c(C(=O)O)c2C1. The molecule has 23 heavy (non-hydrogen) atoms. The first-order chi connectivity index (χ1) is 10.9. The number of hydrogen-bond acceptors (Lipinski definition) is 3. The summed E-state index contributed by atoms with van der Waals surface area (Å²) in [5.74, 6) is -1.24. The summed E-state index contributed by atoms with van der Waals surface area (Å²) in [5.41, 5.74) is 1.78. The third kappa shape index (κ3) is 3.15. The van der Waals surface area contributed by atoms with Gasteiger partial charge in [-0.2, -0.15) is 0 Å². The molecular formula is C18H19NO3S. The van der Waals surface area contributed by atoms with E-state index in [0.29, 0.717) is 10.6 Å². The number of carbonyl (C=O) groups excluding carboxylic acids is 1. The second-order valence-electron chi connectivity index (χ2n) is 6.67. The van der Waals surface area contributed by atoms with Crippen LogP contribution in [0.4, 0.5) is 5.00 Å². The van der Waals surface area contributed by atoms with E-state index < -0.39 is 5.97 Å². The lowest BCUT2D eigenvalue weighted by molar-refractivity contribution is 0.0696. The van der Waals surface area contributed by atoms with E-state index in [0.717, 1.165) is 29.7 Å². The number of nitrogens with one attached hydrogen (secondary N) is 1. The van der Waals surface area contributed by atoms with Gasteiger partial charge in [0.25, 0.3) is 5.91 Å². The number of benzene rings is 1. The Morgan fingerprint density at radius 1 is 1.22 bits per heavy atom. The van der Waals surface area contributed by atoms with Crippen molar-refractivity contribution in [3.05, 3.63) is 51.9 Å². The fraction of sp³-hybridized carbons (Fsp3) is 0.333. The predicted octanol–water partition coefficient (Wildman–Crippen LogP) is 4.21. The molecule has 1 aliphatic rings. The highest BCUT2D eigenvalue weighted by molar-refractivity contribution is 7.17. The van der Waals surface area contributed by atoms with E-state index in [9.17, 15) is 14.7 Å². The van der Waals surface area contributed by atoms with Crippen LogP contribution in [-0.4, -0.2) is 17.0 Å². The first kappa shape index (κ1) is 15.7. The quantitative estimate of drug-likeness (QED) is 0.886. The van der Waals surface area contributed by atoms with Crippen molar-refractivity contribution >= 4 is 28.2 Å². The Morgan fingerprint density at radius 3 is 2.57 bits per heavy atom. The summed E-state index contributed by atoms with van der Waals surface area (Å²) in [5, 5.41) is 12.9. The molecule has 2 aromatic rings. The minimum Gasteiger partial charge on any atom is -0.478 e. The molecule has 0 atom stereocenters. The third-order valence-electron chi connectivity index (χ3n) is 4.25. The smallest absolute Gasteiger partial charge is 0.339 e. The highest BCUT2D eigenvalue weighted by Crippen LogP contribution is 2.43. The predicted molar refractivity (Wildman–Crippen MR) is 91.5 cm³/mol. The van der Waals surface area contributed by atoms with Crippen molar-refractivity contribution in [3.63, 3.8) is 0 Å². The number of carboxylic acid groups (broad SMARTS) is 1. The molecule has 5 heteroatoms. The lowest BCUT2D eigenvalue weighted by atomic mass is 9.76. The van der Waals surface area contributed by atoms with Crippen molar-refractivity contribution in [1.29, 1.82) is 0 Å². The number of hydrogen-bond donors (Lipinski definition) is 2. The van der Waals surface area contributed by atoms with Gasteiger partial charge in [-0.25, -0.2) is 4.79 Å². The fourth-order valence-corrected chi connectivity index (χ4v) is 4.20. The maximum absolute atomic E-state index is 12.3. The number of amides is 1. The molecule has 1 aromatic carbocycles. The molecule has 120 valence electrons. The molecule has 4 nitrogen and oxygen atoms in total. The van der Waals surface area contributed by atoms with Crippen LogP contribution >= 0.6 is 11.3 Å². The number of carbonyl (C=O) groups is 2. The Labute approximate surface area is 139 Å². The van der Waals surface area contributed by atoms with Crippen molar-refractivity contribution in [2.75, 3.05) is 5.32 Å². The van der Waals surface area contributed by atoms with Crippen LogP contribution in [0.25, 0.3) is 0 Å². The fourth-order valence-electron chi connectivity index (χ4n) is 3.00.